The summed E-state index contributed by atoms with van der Waals surface area (Å²) in [5, 5.41) is 2.64. The number of hydrogen-bond donors (Lipinski definition) is 1. The highest BCUT2D eigenvalue weighted by atomic mass is 19.3. The molecule has 110 valence electrons. The van der Waals surface area contributed by atoms with Gasteiger partial charge in [-0.25, -0.2) is 8.78 Å². The second-order valence-electron chi connectivity index (χ2n) is 5.25. The van der Waals surface area contributed by atoms with Gasteiger partial charge in [0.05, 0.1) is 6.54 Å². The summed E-state index contributed by atoms with van der Waals surface area (Å²) in [7, 11) is 0. The van der Waals surface area contributed by atoms with Crippen LogP contribution < -0.4 is 5.32 Å². The number of hydrogen-bond acceptors (Lipinski definition) is 2. The molecule has 0 aromatic carbocycles. The van der Waals surface area contributed by atoms with Crippen LogP contribution in [-0.4, -0.2) is 42.9 Å². The molecule has 0 aromatic rings. The van der Waals surface area contributed by atoms with Crippen LogP contribution in [0.3, 0.4) is 0 Å². The third-order valence-electron chi connectivity index (χ3n) is 3.42. The van der Waals surface area contributed by atoms with E-state index in [1.165, 1.54) is 6.08 Å². The summed E-state index contributed by atoms with van der Waals surface area (Å²) in [5.41, 5.74) is 0. The predicted molar refractivity (Wildman–Crippen MR) is 72.2 cm³/mol. The van der Waals surface area contributed by atoms with Crippen molar-refractivity contribution < 1.29 is 13.6 Å². The average Bonchev–Trinajstić information content (AvgIpc) is 2.35. The van der Waals surface area contributed by atoms with Crippen LogP contribution >= 0.6 is 0 Å². The molecule has 3 nitrogen and oxygen atoms in total. The van der Waals surface area contributed by atoms with E-state index in [0.717, 1.165) is 32.0 Å². The van der Waals surface area contributed by atoms with Crippen LogP contribution in [-0.2, 0) is 4.79 Å². The summed E-state index contributed by atoms with van der Waals surface area (Å²) < 4.78 is 26.2. The first-order valence-electron chi connectivity index (χ1n) is 6.95. The van der Waals surface area contributed by atoms with E-state index in [0.29, 0.717) is 18.9 Å². The third kappa shape index (κ3) is 6.14. The van der Waals surface area contributed by atoms with E-state index in [4.69, 9.17) is 0 Å². The van der Waals surface area contributed by atoms with Crippen LogP contribution in [0, 0.1) is 5.92 Å². The van der Waals surface area contributed by atoms with Crippen LogP contribution in [0.2, 0.25) is 0 Å². The number of alkyl halides is 2. The fraction of sp³-hybridized carbons (Fsp3) is 0.786. The van der Waals surface area contributed by atoms with Gasteiger partial charge in [-0.2, -0.15) is 0 Å². The lowest BCUT2D eigenvalue weighted by molar-refractivity contribution is -0.132. The van der Waals surface area contributed by atoms with E-state index in [2.05, 4.69) is 12.2 Å². The summed E-state index contributed by atoms with van der Waals surface area (Å²) >= 11 is 0. The van der Waals surface area contributed by atoms with E-state index in [1.54, 1.807) is 6.92 Å². The second kappa shape index (κ2) is 7.58. The number of halogens is 2. The van der Waals surface area contributed by atoms with Crippen LogP contribution in [0.15, 0.2) is 12.2 Å². The fourth-order valence-corrected chi connectivity index (χ4v) is 2.17. The van der Waals surface area contributed by atoms with E-state index < -0.39 is 12.5 Å². The highest BCUT2D eigenvalue weighted by molar-refractivity contribution is 5.76. The minimum atomic E-state index is -2.83. The zero-order valence-corrected chi connectivity index (χ0v) is 11.8. The van der Waals surface area contributed by atoms with Crippen LogP contribution in [0.1, 0.15) is 33.1 Å². The molecule has 0 spiro atoms. The maximum Gasteiger partial charge on any atom is 0.278 e. The van der Waals surface area contributed by atoms with Crippen molar-refractivity contribution in [2.75, 3.05) is 26.2 Å². The van der Waals surface area contributed by atoms with Crippen molar-refractivity contribution in [1.82, 2.24) is 10.2 Å². The highest BCUT2D eigenvalue weighted by Gasteiger charge is 2.24. The molecule has 0 radical (unpaired) electrons. The van der Waals surface area contributed by atoms with Crippen molar-refractivity contribution in [2.24, 2.45) is 5.92 Å². The van der Waals surface area contributed by atoms with Gasteiger partial charge in [0.15, 0.2) is 0 Å². The number of amides is 1. The van der Waals surface area contributed by atoms with E-state index in [1.807, 2.05) is 4.90 Å². The molecule has 0 atom stereocenters. The number of carbonyl (C=O) groups excluding carboxylic acids is 1. The summed E-state index contributed by atoms with van der Waals surface area (Å²) in [5.74, 6) is -2.09. The summed E-state index contributed by atoms with van der Waals surface area (Å²) in [6.07, 6.45) is 4.58. The third-order valence-corrected chi connectivity index (χ3v) is 3.42. The topological polar surface area (TPSA) is 32.3 Å². The van der Waals surface area contributed by atoms with Gasteiger partial charge in [-0.05, 0) is 31.8 Å². The molecule has 0 aromatic heterocycles. The summed E-state index contributed by atoms with van der Waals surface area (Å²) in [4.78, 5) is 13.7. The smallest absolute Gasteiger partial charge is 0.278 e. The number of rotatable bonds is 6. The number of nitrogens with zero attached hydrogens (tertiary/aromatic N) is 1. The number of nitrogens with one attached hydrogen (secondary N) is 1. The minimum Gasteiger partial charge on any atom is -0.343 e. The molecule has 1 fully saturated rings. The van der Waals surface area contributed by atoms with Crippen LogP contribution in [0.4, 0.5) is 8.78 Å². The molecule has 1 N–H and O–H groups in total. The molecular weight excluding hydrogens is 250 g/mol. The molecule has 1 saturated heterocycles. The Morgan fingerprint density at radius 2 is 2.05 bits per heavy atom. The van der Waals surface area contributed by atoms with Crippen molar-refractivity contribution in [3.8, 4) is 0 Å². The largest absolute Gasteiger partial charge is 0.343 e. The normalized spacial score (nSPS) is 18.2. The van der Waals surface area contributed by atoms with E-state index in [-0.39, 0.29) is 5.91 Å². The van der Waals surface area contributed by atoms with E-state index >= 15 is 0 Å². The number of allylic oxidation sites excluding steroid dienone is 1. The van der Waals surface area contributed by atoms with Crippen molar-refractivity contribution >= 4 is 5.91 Å². The van der Waals surface area contributed by atoms with Crippen molar-refractivity contribution in [1.29, 1.82) is 0 Å². The second-order valence-corrected chi connectivity index (χ2v) is 5.25. The van der Waals surface area contributed by atoms with Gasteiger partial charge in [0.1, 0.15) is 0 Å². The maximum atomic E-state index is 13.1. The lowest BCUT2D eigenvalue weighted by atomic mass is 9.99. The Bertz CT molecular complexity index is 311. The zero-order valence-electron chi connectivity index (χ0n) is 11.8. The van der Waals surface area contributed by atoms with Gasteiger partial charge < -0.3 is 10.2 Å². The molecule has 1 aliphatic rings. The molecule has 0 saturated carbocycles. The Labute approximate surface area is 114 Å². The number of piperidine rings is 1. The van der Waals surface area contributed by atoms with E-state index in [9.17, 15) is 13.6 Å². The first-order valence-corrected chi connectivity index (χ1v) is 6.95. The lowest BCUT2D eigenvalue weighted by Gasteiger charge is -2.30. The molecule has 0 unspecified atom stereocenters. The zero-order chi connectivity index (χ0) is 14.3. The Morgan fingerprint density at radius 3 is 2.63 bits per heavy atom. The van der Waals surface area contributed by atoms with Crippen LogP contribution in [0.5, 0.6) is 0 Å². The molecule has 1 amide bonds. The van der Waals surface area contributed by atoms with Crippen molar-refractivity contribution in [2.45, 2.75) is 39.0 Å². The lowest BCUT2D eigenvalue weighted by Crippen LogP contribution is -2.40. The van der Waals surface area contributed by atoms with Gasteiger partial charge >= 0.3 is 0 Å². The molecule has 19 heavy (non-hydrogen) atoms. The quantitative estimate of drug-likeness (QED) is 0.596. The first-order chi connectivity index (χ1) is 8.94. The Kier molecular flexibility index (Phi) is 6.42. The minimum absolute atomic E-state index is 0.0637. The summed E-state index contributed by atoms with van der Waals surface area (Å²) in [6.45, 7) is 5.24. The maximum absolute atomic E-state index is 13.1. The molecule has 5 heteroatoms. The van der Waals surface area contributed by atoms with Gasteiger partial charge in [0.25, 0.3) is 5.92 Å². The standard InChI is InChI=1S/C14H24F2N2O/c1-3-7-14(15,16)11-17-8-4-13(19)18-9-5-12(2)6-10-18/h3,7,12,17H,4-6,8-11H2,1-2H3/b7-3+. The Balaban J connectivity index is 2.17. The molecular formula is C14H24F2N2O. The van der Waals surface area contributed by atoms with Gasteiger partial charge in [0.2, 0.25) is 5.91 Å². The molecule has 1 rings (SSSR count). The fourth-order valence-electron chi connectivity index (χ4n) is 2.17. The first kappa shape index (κ1) is 16.1. The Hall–Kier alpha value is -0.970. The molecule has 0 bridgehead atoms. The highest BCUT2D eigenvalue weighted by Crippen LogP contribution is 2.16. The van der Waals surface area contributed by atoms with Crippen molar-refractivity contribution in [3.63, 3.8) is 0 Å². The molecule has 1 aliphatic heterocycles. The number of likely N-dealkylation sites (tertiary alicyclic amines) is 1. The van der Waals surface area contributed by atoms with Crippen LogP contribution in [0.25, 0.3) is 0 Å². The monoisotopic (exact) mass is 274 g/mol. The number of carbonyl (C=O) groups is 1. The SMILES string of the molecule is C/C=C/C(F)(F)CNCCC(=O)N1CCC(C)CC1. The van der Waals surface area contributed by atoms with Gasteiger partial charge in [0, 0.05) is 26.1 Å². The van der Waals surface area contributed by atoms with Gasteiger partial charge in [-0.15, -0.1) is 0 Å². The summed E-state index contributed by atoms with van der Waals surface area (Å²) in [6, 6.07) is 0. The van der Waals surface area contributed by atoms with Crippen molar-refractivity contribution in [3.05, 3.63) is 12.2 Å². The Morgan fingerprint density at radius 1 is 1.42 bits per heavy atom. The van der Waals surface area contributed by atoms with Gasteiger partial charge in [-0.1, -0.05) is 13.0 Å². The average molecular weight is 274 g/mol. The molecule has 0 aliphatic carbocycles. The molecule has 1 heterocycles. The predicted octanol–water partition coefficient (Wildman–Crippen LogP) is 2.44. The van der Waals surface area contributed by atoms with Gasteiger partial charge in [-0.3, -0.25) is 4.79 Å².